The first-order chi connectivity index (χ1) is 14.3. The predicted molar refractivity (Wildman–Crippen MR) is 107 cm³/mol. The minimum absolute atomic E-state index is 0.216. The van der Waals surface area contributed by atoms with E-state index in [0.717, 1.165) is 28.2 Å². The van der Waals surface area contributed by atoms with Crippen LogP contribution in [0.5, 0.6) is 0 Å². The van der Waals surface area contributed by atoms with Gasteiger partial charge in [0.2, 0.25) is 0 Å². The summed E-state index contributed by atoms with van der Waals surface area (Å²) in [6.45, 7) is 0. The van der Waals surface area contributed by atoms with Crippen molar-refractivity contribution in [3.63, 3.8) is 0 Å². The van der Waals surface area contributed by atoms with Gasteiger partial charge in [-0.3, -0.25) is 4.90 Å². The summed E-state index contributed by atoms with van der Waals surface area (Å²) >= 11 is 0. The van der Waals surface area contributed by atoms with E-state index in [2.05, 4.69) is 5.16 Å². The van der Waals surface area contributed by atoms with Gasteiger partial charge in [-0.25, -0.2) is 4.79 Å². The highest BCUT2D eigenvalue weighted by Crippen LogP contribution is 2.35. The Morgan fingerprint density at radius 3 is 2.10 bits per heavy atom. The Balaban J connectivity index is 1.71. The molecule has 1 aromatic heterocycles. The van der Waals surface area contributed by atoms with E-state index in [0.29, 0.717) is 16.7 Å². The van der Waals surface area contributed by atoms with E-state index in [1.54, 1.807) is 36.4 Å². The standard InChI is InChI=1S/C21H15F3N4O2/c22-21(23,24)13-6-10-15(11-7-13)28(20(26)29)14-8-4-12(5-9-14)16-2-1-3-17-18(16)19(25)27-30-17/h1-11H,(H2,25,27)(H2,26,29). The quantitative estimate of drug-likeness (QED) is 0.476. The van der Waals surface area contributed by atoms with Crippen LogP contribution >= 0.6 is 0 Å². The fraction of sp³-hybridized carbons (Fsp3) is 0.0476. The van der Waals surface area contributed by atoms with Crippen molar-refractivity contribution in [3.05, 3.63) is 72.3 Å². The third-order valence-electron chi connectivity index (χ3n) is 4.63. The molecule has 9 heteroatoms. The van der Waals surface area contributed by atoms with E-state index in [1.165, 1.54) is 12.1 Å². The van der Waals surface area contributed by atoms with Crippen molar-refractivity contribution in [2.75, 3.05) is 10.6 Å². The zero-order valence-electron chi connectivity index (χ0n) is 15.4. The van der Waals surface area contributed by atoms with E-state index in [1.807, 2.05) is 6.07 Å². The second kappa shape index (κ2) is 7.11. The van der Waals surface area contributed by atoms with Crippen molar-refractivity contribution in [2.24, 2.45) is 5.73 Å². The SMILES string of the molecule is NC(=O)N(c1ccc(-c2cccc3onc(N)c23)cc1)c1ccc(C(F)(F)F)cc1. The number of nitrogens with zero attached hydrogens (tertiary/aromatic N) is 2. The maximum Gasteiger partial charge on any atom is 0.416 e. The zero-order chi connectivity index (χ0) is 21.5. The third-order valence-corrected chi connectivity index (χ3v) is 4.63. The molecule has 4 aromatic rings. The lowest BCUT2D eigenvalue weighted by molar-refractivity contribution is -0.137. The van der Waals surface area contributed by atoms with Crippen LogP contribution in [0, 0.1) is 0 Å². The second-order valence-electron chi connectivity index (χ2n) is 6.51. The molecule has 2 amide bonds. The molecule has 0 spiro atoms. The number of nitrogens with two attached hydrogens (primary N) is 2. The normalized spacial score (nSPS) is 11.6. The maximum absolute atomic E-state index is 12.8. The Labute approximate surface area is 168 Å². The van der Waals surface area contributed by atoms with Gasteiger partial charge >= 0.3 is 12.2 Å². The van der Waals surface area contributed by atoms with Gasteiger partial charge < -0.3 is 16.0 Å². The van der Waals surface area contributed by atoms with Crippen LogP contribution < -0.4 is 16.4 Å². The van der Waals surface area contributed by atoms with Gasteiger partial charge in [0.15, 0.2) is 11.4 Å². The lowest BCUT2D eigenvalue weighted by Gasteiger charge is -2.21. The average Bonchev–Trinajstić information content (AvgIpc) is 3.09. The van der Waals surface area contributed by atoms with Gasteiger partial charge in [0, 0.05) is 0 Å². The molecule has 0 atom stereocenters. The van der Waals surface area contributed by atoms with Crippen LogP contribution in [0.15, 0.2) is 71.3 Å². The number of rotatable bonds is 3. The number of carbonyl (C=O) groups excluding carboxylic acids is 1. The van der Waals surface area contributed by atoms with Crippen LogP contribution in [0.1, 0.15) is 5.56 Å². The number of halogens is 3. The minimum atomic E-state index is -4.47. The molecule has 6 nitrogen and oxygen atoms in total. The summed E-state index contributed by atoms with van der Waals surface area (Å²) < 4.78 is 43.6. The Morgan fingerprint density at radius 1 is 0.933 bits per heavy atom. The fourth-order valence-electron chi connectivity index (χ4n) is 3.25. The first-order valence-corrected chi connectivity index (χ1v) is 8.77. The van der Waals surface area contributed by atoms with Gasteiger partial charge in [-0.1, -0.05) is 29.4 Å². The number of urea groups is 1. The van der Waals surface area contributed by atoms with Crippen molar-refractivity contribution in [3.8, 4) is 11.1 Å². The molecule has 0 saturated heterocycles. The van der Waals surface area contributed by atoms with Crippen LogP contribution in [-0.4, -0.2) is 11.2 Å². The van der Waals surface area contributed by atoms with E-state index < -0.39 is 17.8 Å². The summed E-state index contributed by atoms with van der Waals surface area (Å²) in [7, 11) is 0. The summed E-state index contributed by atoms with van der Waals surface area (Å²) in [5.41, 5.74) is 13.3. The van der Waals surface area contributed by atoms with Gasteiger partial charge in [-0.2, -0.15) is 13.2 Å². The first-order valence-electron chi connectivity index (χ1n) is 8.77. The number of benzene rings is 3. The van der Waals surface area contributed by atoms with Crippen molar-refractivity contribution < 1.29 is 22.5 Å². The van der Waals surface area contributed by atoms with E-state index >= 15 is 0 Å². The molecule has 4 rings (SSSR count). The molecule has 0 unspecified atom stereocenters. The molecule has 30 heavy (non-hydrogen) atoms. The highest BCUT2D eigenvalue weighted by molar-refractivity contribution is 6.01. The van der Waals surface area contributed by atoms with Gasteiger partial charge in [0.25, 0.3) is 0 Å². The molecule has 0 aliphatic rings. The predicted octanol–water partition coefficient (Wildman–Crippen LogP) is 5.31. The summed E-state index contributed by atoms with van der Waals surface area (Å²) in [6, 6.07) is 15.5. The zero-order valence-corrected chi connectivity index (χ0v) is 15.4. The highest BCUT2D eigenvalue weighted by Gasteiger charge is 2.30. The largest absolute Gasteiger partial charge is 0.416 e. The lowest BCUT2D eigenvalue weighted by atomic mass is 10.0. The average molecular weight is 412 g/mol. The second-order valence-corrected chi connectivity index (χ2v) is 6.51. The van der Waals surface area contributed by atoms with Crippen LogP contribution in [0.25, 0.3) is 22.1 Å². The molecule has 3 aromatic carbocycles. The molecular weight excluding hydrogens is 397 g/mol. The van der Waals surface area contributed by atoms with Crippen LogP contribution in [-0.2, 0) is 6.18 Å². The van der Waals surface area contributed by atoms with Crippen molar-refractivity contribution >= 4 is 34.2 Å². The van der Waals surface area contributed by atoms with E-state index in [4.69, 9.17) is 16.0 Å². The molecule has 0 aliphatic heterocycles. The monoisotopic (exact) mass is 412 g/mol. The van der Waals surface area contributed by atoms with Crippen LogP contribution in [0.3, 0.4) is 0 Å². The lowest BCUT2D eigenvalue weighted by Crippen LogP contribution is -2.31. The number of primary amides is 1. The molecule has 0 aliphatic carbocycles. The van der Waals surface area contributed by atoms with E-state index in [9.17, 15) is 18.0 Å². The van der Waals surface area contributed by atoms with Crippen molar-refractivity contribution in [1.29, 1.82) is 0 Å². The first kappa shape index (κ1) is 19.3. The van der Waals surface area contributed by atoms with Crippen molar-refractivity contribution in [1.82, 2.24) is 5.16 Å². The molecular formula is C21H15F3N4O2. The number of hydrogen-bond acceptors (Lipinski definition) is 4. The number of carbonyl (C=O) groups is 1. The topological polar surface area (TPSA) is 98.4 Å². The Morgan fingerprint density at radius 2 is 1.53 bits per heavy atom. The smallest absolute Gasteiger partial charge is 0.380 e. The van der Waals surface area contributed by atoms with Gasteiger partial charge in [0.1, 0.15) is 0 Å². The molecule has 0 fully saturated rings. The Bertz CT molecular complexity index is 1220. The number of nitrogen functional groups attached to an aromatic ring is 1. The number of hydrogen-bond donors (Lipinski definition) is 2. The molecule has 1 heterocycles. The Kier molecular flexibility index (Phi) is 4.57. The van der Waals surface area contributed by atoms with Gasteiger partial charge in [0.05, 0.1) is 22.3 Å². The molecule has 0 bridgehead atoms. The number of fused-ring (bicyclic) bond motifs is 1. The number of alkyl halides is 3. The van der Waals surface area contributed by atoms with Crippen molar-refractivity contribution in [2.45, 2.75) is 6.18 Å². The molecule has 0 radical (unpaired) electrons. The summed E-state index contributed by atoms with van der Waals surface area (Å²) in [6.07, 6.45) is -4.47. The number of anilines is 3. The molecule has 4 N–H and O–H groups in total. The maximum atomic E-state index is 12.8. The highest BCUT2D eigenvalue weighted by atomic mass is 19.4. The fourth-order valence-corrected chi connectivity index (χ4v) is 3.25. The summed E-state index contributed by atoms with van der Waals surface area (Å²) in [4.78, 5) is 13.1. The number of aromatic nitrogens is 1. The number of amides is 2. The minimum Gasteiger partial charge on any atom is -0.380 e. The summed E-state index contributed by atoms with van der Waals surface area (Å²) in [5, 5.41) is 4.43. The molecule has 0 saturated carbocycles. The van der Waals surface area contributed by atoms with Crippen LogP contribution in [0.4, 0.5) is 35.2 Å². The van der Waals surface area contributed by atoms with E-state index in [-0.39, 0.29) is 11.5 Å². The Hall–Kier alpha value is -4.01. The molecule has 152 valence electrons. The third kappa shape index (κ3) is 3.41. The van der Waals surface area contributed by atoms with Gasteiger partial charge in [-0.05, 0) is 53.6 Å². The van der Waals surface area contributed by atoms with Crippen LogP contribution in [0.2, 0.25) is 0 Å². The summed E-state index contributed by atoms with van der Waals surface area (Å²) in [5.74, 6) is 0.258. The van der Waals surface area contributed by atoms with Gasteiger partial charge in [-0.15, -0.1) is 0 Å².